The molecule has 2 aromatic carbocycles. The molecular weight excluding hydrogens is 460 g/mol. The predicted octanol–water partition coefficient (Wildman–Crippen LogP) is 3.97. The van der Waals surface area contributed by atoms with Crippen molar-refractivity contribution in [3.05, 3.63) is 53.6 Å². The molecule has 0 saturated carbocycles. The van der Waals surface area contributed by atoms with E-state index in [1.54, 1.807) is 24.3 Å². The van der Waals surface area contributed by atoms with Crippen LogP contribution >= 0.6 is 0 Å². The standard InChI is InChI=1S/C27H38N4O3S/c1-20(2)18-22-4-7-24(8-5-22)35(33,34)29-23-6-9-26(30-16-12-28-13-17-30)25(19-23)27(32)31-14-10-21(3)11-15-31/h4-9,19-21,28-29H,10-18H2,1-3H3. The number of anilines is 2. The molecule has 0 aliphatic carbocycles. The van der Waals surface area contributed by atoms with Crippen LogP contribution in [0, 0.1) is 11.8 Å². The van der Waals surface area contributed by atoms with Crippen LogP contribution in [-0.4, -0.2) is 58.5 Å². The topological polar surface area (TPSA) is 81.8 Å². The monoisotopic (exact) mass is 498 g/mol. The molecule has 0 radical (unpaired) electrons. The molecule has 2 aliphatic rings. The lowest BCUT2D eigenvalue weighted by Gasteiger charge is -2.34. The maximum atomic E-state index is 13.6. The second kappa shape index (κ2) is 11.0. The Morgan fingerprint density at radius 1 is 1.03 bits per heavy atom. The van der Waals surface area contributed by atoms with Crippen LogP contribution < -0.4 is 14.9 Å². The Bertz CT molecular complexity index is 1120. The maximum absolute atomic E-state index is 13.6. The number of hydrogen-bond acceptors (Lipinski definition) is 5. The second-order valence-corrected chi connectivity index (χ2v) is 12.0. The minimum atomic E-state index is -3.77. The number of amides is 1. The van der Waals surface area contributed by atoms with Crippen LogP contribution in [0.3, 0.4) is 0 Å². The van der Waals surface area contributed by atoms with Crippen LogP contribution in [0.5, 0.6) is 0 Å². The van der Waals surface area contributed by atoms with Gasteiger partial charge in [-0.3, -0.25) is 9.52 Å². The number of sulfonamides is 1. The van der Waals surface area contributed by atoms with Crippen LogP contribution in [0.25, 0.3) is 0 Å². The highest BCUT2D eigenvalue weighted by molar-refractivity contribution is 7.92. The van der Waals surface area contributed by atoms with Crippen LogP contribution in [0.15, 0.2) is 47.4 Å². The van der Waals surface area contributed by atoms with Gasteiger partial charge >= 0.3 is 0 Å². The third-order valence-corrected chi connectivity index (χ3v) is 8.28. The number of piperidine rings is 1. The summed E-state index contributed by atoms with van der Waals surface area (Å²) in [7, 11) is -3.77. The van der Waals surface area contributed by atoms with E-state index >= 15 is 0 Å². The lowest BCUT2D eigenvalue weighted by atomic mass is 9.98. The average molecular weight is 499 g/mol. The zero-order valence-corrected chi connectivity index (χ0v) is 21.9. The Morgan fingerprint density at radius 3 is 2.31 bits per heavy atom. The van der Waals surface area contributed by atoms with E-state index in [9.17, 15) is 13.2 Å². The molecule has 2 aliphatic heterocycles. The first-order valence-corrected chi connectivity index (χ1v) is 14.2. The Labute approximate surface area is 209 Å². The van der Waals surface area contributed by atoms with E-state index in [-0.39, 0.29) is 10.8 Å². The number of benzene rings is 2. The van der Waals surface area contributed by atoms with Gasteiger partial charge in [-0.2, -0.15) is 0 Å². The van der Waals surface area contributed by atoms with Gasteiger partial charge in [0.25, 0.3) is 15.9 Å². The normalized spacial score (nSPS) is 17.6. The third kappa shape index (κ3) is 6.35. The molecule has 2 saturated heterocycles. The van der Waals surface area contributed by atoms with E-state index in [1.807, 2.05) is 23.1 Å². The molecule has 0 atom stereocenters. The summed E-state index contributed by atoms with van der Waals surface area (Å²) in [6, 6.07) is 12.4. The first-order chi connectivity index (χ1) is 16.7. The molecular formula is C27H38N4O3S. The summed E-state index contributed by atoms with van der Waals surface area (Å²) in [5.41, 5.74) is 2.96. The number of nitrogens with zero attached hydrogens (tertiary/aromatic N) is 2. The molecule has 0 unspecified atom stereocenters. The van der Waals surface area contributed by atoms with Gasteiger partial charge in [-0.1, -0.05) is 32.9 Å². The van der Waals surface area contributed by atoms with Gasteiger partial charge in [0.2, 0.25) is 0 Å². The number of likely N-dealkylation sites (tertiary alicyclic amines) is 1. The zero-order chi connectivity index (χ0) is 25.0. The summed E-state index contributed by atoms with van der Waals surface area (Å²) in [5, 5.41) is 3.35. The highest BCUT2D eigenvalue weighted by Gasteiger charge is 2.26. The summed E-state index contributed by atoms with van der Waals surface area (Å²) < 4.78 is 28.9. The second-order valence-electron chi connectivity index (χ2n) is 10.3. The van der Waals surface area contributed by atoms with Crippen LogP contribution in [0.1, 0.15) is 49.5 Å². The van der Waals surface area contributed by atoms with Gasteiger partial charge in [0, 0.05) is 50.6 Å². The first kappa shape index (κ1) is 25.5. The molecule has 0 bridgehead atoms. The van der Waals surface area contributed by atoms with Gasteiger partial charge in [-0.15, -0.1) is 0 Å². The number of rotatable bonds is 7. The molecule has 2 N–H and O–H groups in total. The van der Waals surface area contributed by atoms with E-state index < -0.39 is 10.0 Å². The first-order valence-electron chi connectivity index (χ1n) is 12.7. The van der Waals surface area contributed by atoms with E-state index in [4.69, 9.17) is 0 Å². The molecule has 2 heterocycles. The average Bonchev–Trinajstić information content (AvgIpc) is 2.84. The van der Waals surface area contributed by atoms with E-state index in [0.717, 1.165) is 69.8 Å². The Balaban J connectivity index is 1.60. The molecule has 0 spiro atoms. The highest BCUT2D eigenvalue weighted by Crippen LogP contribution is 2.29. The van der Waals surface area contributed by atoms with Gasteiger partial charge in [-0.05, 0) is 67.0 Å². The minimum absolute atomic E-state index is 0.0236. The minimum Gasteiger partial charge on any atom is -0.368 e. The lowest BCUT2D eigenvalue weighted by molar-refractivity contribution is 0.0698. The quantitative estimate of drug-likeness (QED) is 0.604. The van der Waals surface area contributed by atoms with Crippen molar-refractivity contribution in [1.82, 2.24) is 10.2 Å². The van der Waals surface area contributed by atoms with Crippen molar-refractivity contribution >= 4 is 27.3 Å². The number of carbonyl (C=O) groups is 1. The fourth-order valence-corrected chi connectivity index (χ4v) is 5.87. The Hall–Kier alpha value is -2.58. The van der Waals surface area contributed by atoms with Crippen LogP contribution in [-0.2, 0) is 16.4 Å². The molecule has 8 heteroatoms. The lowest BCUT2D eigenvalue weighted by Crippen LogP contribution is -2.45. The van der Waals surface area contributed by atoms with Gasteiger partial charge in [0.15, 0.2) is 0 Å². The van der Waals surface area contributed by atoms with Gasteiger partial charge in [0.1, 0.15) is 0 Å². The maximum Gasteiger partial charge on any atom is 0.261 e. The van der Waals surface area contributed by atoms with Crippen molar-refractivity contribution in [3.8, 4) is 0 Å². The molecule has 2 aromatic rings. The fourth-order valence-electron chi connectivity index (χ4n) is 4.82. The van der Waals surface area contributed by atoms with Crippen molar-refractivity contribution in [1.29, 1.82) is 0 Å². The van der Waals surface area contributed by atoms with Gasteiger partial charge in [0.05, 0.1) is 10.5 Å². The number of piperazine rings is 1. The van der Waals surface area contributed by atoms with Gasteiger partial charge < -0.3 is 15.1 Å². The van der Waals surface area contributed by atoms with Crippen molar-refractivity contribution in [2.75, 3.05) is 48.9 Å². The Kier molecular flexibility index (Phi) is 8.02. The summed E-state index contributed by atoms with van der Waals surface area (Å²) in [4.78, 5) is 17.9. The summed E-state index contributed by atoms with van der Waals surface area (Å²) in [5.74, 6) is 1.10. The third-order valence-electron chi connectivity index (χ3n) is 6.89. The largest absolute Gasteiger partial charge is 0.368 e. The van der Waals surface area contributed by atoms with E-state index in [2.05, 4.69) is 35.7 Å². The number of nitrogens with one attached hydrogen (secondary N) is 2. The number of hydrogen-bond donors (Lipinski definition) is 2. The molecule has 7 nitrogen and oxygen atoms in total. The summed E-state index contributed by atoms with van der Waals surface area (Å²) in [6.45, 7) is 11.3. The van der Waals surface area contributed by atoms with Crippen molar-refractivity contribution < 1.29 is 13.2 Å². The summed E-state index contributed by atoms with van der Waals surface area (Å²) in [6.07, 6.45) is 2.89. The molecule has 35 heavy (non-hydrogen) atoms. The molecule has 190 valence electrons. The van der Waals surface area contributed by atoms with Crippen molar-refractivity contribution in [2.24, 2.45) is 11.8 Å². The number of carbonyl (C=O) groups excluding carboxylic acids is 1. The fraction of sp³-hybridized carbons (Fsp3) is 0.519. The summed E-state index contributed by atoms with van der Waals surface area (Å²) >= 11 is 0. The van der Waals surface area contributed by atoms with Crippen LogP contribution in [0.2, 0.25) is 0 Å². The predicted molar refractivity (Wildman–Crippen MR) is 142 cm³/mol. The Morgan fingerprint density at radius 2 is 1.69 bits per heavy atom. The van der Waals surface area contributed by atoms with Crippen molar-refractivity contribution in [2.45, 2.75) is 44.9 Å². The van der Waals surface area contributed by atoms with E-state index in [1.165, 1.54) is 0 Å². The molecule has 1 amide bonds. The van der Waals surface area contributed by atoms with E-state index in [0.29, 0.717) is 23.1 Å². The zero-order valence-electron chi connectivity index (χ0n) is 21.1. The smallest absolute Gasteiger partial charge is 0.261 e. The molecule has 4 rings (SSSR count). The SMILES string of the molecule is CC(C)Cc1ccc(S(=O)(=O)Nc2ccc(N3CCNCC3)c(C(=O)N3CCC(C)CC3)c2)cc1. The van der Waals surface area contributed by atoms with Crippen molar-refractivity contribution in [3.63, 3.8) is 0 Å². The van der Waals surface area contributed by atoms with Gasteiger partial charge in [-0.25, -0.2) is 8.42 Å². The highest BCUT2D eigenvalue weighted by atomic mass is 32.2. The molecule has 2 fully saturated rings. The molecule has 0 aromatic heterocycles. The van der Waals surface area contributed by atoms with Crippen LogP contribution in [0.4, 0.5) is 11.4 Å².